The summed E-state index contributed by atoms with van der Waals surface area (Å²) in [5.41, 5.74) is -0.299. The maximum atomic E-state index is 12.5. The topological polar surface area (TPSA) is 182 Å². The second-order valence-electron chi connectivity index (χ2n) is 8.73. The number of aliphatic hydroxyl groups is 2. The van der Waals surface area contributed by atoms with Gasteiger partial charge in [-0.05, 0) is 76.6 Å². The molecular weight excluding hydrogens is 792 g/mol. The van der Waals surface area contributed by atoms with Crippen LogP contribution in [-0.4, -0.2) is 83.4 Å². The first-order valence-corrected chi connectivity index (χ1v) is 15.1. The fraction of sp³-hybridized carbons (Fsp3) is 0.500. The molecule has 222 valence electrons. The summed E-state index contributed by atoms with van der Waals surface area (Å²) in [6, 6.07) is 0. The normalized spacial score (nSPS) is 23.9. The second kappa shape index (κ2) is 16.7. The number of rotatable bonds is 13. The lowest BCUT2D eigenvalue weighted by Gasteiger charge is -2.26. The van der Waals surface area contributed by atoms with Crippen molar-refractivity contribution in [2.75, 3.05) is 27.3 Å². The van der Waals surface area contributed by atoms with Gasteiger partial charge in [0.1, 0.15) is 22.9 Å². The predicted octanol–water partition coefficient (Wildman–Crippen LogP) is 3.48. The average Bonchev–Trinajstić information content (AvgIpc) is 2.93. The van der Waals surface area contributed by atoms with Crippen LogP contribution in [0.1, 0.15) is 25.7 Å². The van der Waals surface area contributed by atoms with Crippen molar-refractivity contribution in [2.24, 2.45) is 22.1 Å². The van der Waals surface area contributed by atoms with Gasteiger partial charge in [-0.1, -0.05) is 22.5 Å². The monoisotopic (exact) mass is 818 g/mol. The Hall–Kier alpha value is -1.72. The number of hydrogen-bond donors (Lipinski definition) is 6. The van der Waals surface area contributed by atoms with Gasteiger partial charge in [-0.25, -0.2) is 0 Å². The van der Waals surface area contributed by atoms with Gasteiger partial charge in [-0.2, -0.15) is 0 Å². The number of carbonyl (C=O) groups excluding carboxylic acids is 2. The van der Waals surface area contributed by atoms with E-state index in [4.69, 9.17) is 9.47 Å². The summed E-state index contributed by atoms with van der Waals surface area (Å²) in [7, 11) is 2.93. The van der Waals surface area contributed by atoms with Gasteiger partial charge < -0.3 is 40.7 Å². The number of unbranched alkanes of at least 4 members (excludes halogenated alkanes) is 1. The van der Waals surface area contributed by atoms with Crippen LogP contribution in [0.25, 0.3) is 0 Å². The molecule has 0 unspecified atom stereocenters. The summed E-state index contributed by atoms with van der Waals surface area (Å²) in [5.74, 6) is -1.38. The van der Waals surface area contributed by atoms with Crippen molar-refractivity contribution in [1.29, 1.82) is 0 Å². The molecule has 40 heavy (non-hydrogen) atoms. The molecule has 0 aromatic heterocycles. The Morgan fingerprint density at radius 1 is 0.775 bits per heavy atom. The Morgan fingerprint density at radius 2 is 1.12 bits per heavy atom. The number of halogens is 4. The van der Waals surface area contributed by atoms with Gasteiger partial charge in [0.25, 0.3) is 11.8 Å². The summed E-state index contributed by atoms with van der Waals surface area (Å²) in [4.78, 5) is 25.0. The summed E-state index contributed by atoms with van der Waals surface area (Å²) >= 11 is 13.3. The molecule has 0 bridgehead atoms. The molecule has 0 aliphatic heterocycles. The molecule has 0 heterocycles. The third-order valence-corrected chi connectivity index (χ3v) is 9.03. The predicted molar refractivity (Wildman–Crippen MR) is 162 cm³/mol. The molecule has 0 saturated heterocycles. The molecule has 2 aliphatic carbocycles. The van der Waals surface area contributed by atoms with Gasteiger partial charge in [0, 0.05) is 37.8 Å². The average molecular weight is 822 g/mol. The van der Waals surface area contributed by atoms with Crippen molar-refractivity contribution in [3.8, 4) is 0 Å². The van der Waals surface area contributed by atoms with Gasteiger partial charge in [-0.3, -0.25) is 9.59 Å². The minimum Gasteiger partial charge on any atom is -0.495 e. The molecule has 12 nitrogen and oxygen atoms in total. The molecule has 0 fully saturated rings. The van der Waals surface area contributed by atoms with Crippen molar-refractivity contribution in [2.45, 2.75) is 37.9 Å². The third kappa shape index (κ3) is 8.89. The van der Waals surface area contributed by atoms with E-state index < -0.39 is 35.9 Å². The van der Waals surface area contributed by atoms with E-state index in [0.717, 1.165) is 0 Å². The van der Waals surface area contributed by atoms with Crippen molar-refractivity contribution < 1.29 is 39.7 Å². The second-order valence-corrected chi connectivity index (χ2v) is 12.1. The number of nitrogens with zero attached hydrogens (tertiary/aromatic N) is 2. The molecule has 2 rings (SSSR count). The van der Waals surface area contributed by atoms with Crippen molar-refractivity contribution in [3.63, 3.8) is 0 Å². The highest BCUT2D eigenvalue weighted by atomic mass is 79.9. The number of allylic oxidation sites excluding steroid dienone is 2. The first-order chi connectivity index (χ1) is 19.0. The summed E-state index contributed by atoms with van der Waals surface area (Å²) in [5, 5.41) is 51.2. The fourth-order valence-corrected chi connectivity index (χ4v) is 7.37. The highest BCUT2D eigenvalue weighted by Gasteiger charge is 2.33. The van der Waals surface area contributed by atoms with Gasteiger partial charge in [-0.15, -0.1) is 0 Å². The molecule has 4 atom stereocenters. The number of aliphatic hydroxyl groups excluding tert-OH is 2. The van der Waals surface area contributed by atoms with Crippen LogP contribution in [0.3, 0.4) is 0 Å². The zero-order valence-corrected chi connectivity index (χ0v) is 27.9. The van der Waals surface area contributed by atoms with Crippen molar-refractivity contribution in [3.05, 3.63) is 41.6 Å². The zero-order valence-electron chi connectivity index (χ0n) is 21.5. The van der Waals surface area contributed by atoms with Crippen LogP contribution >= 0.6 is 63.7 Å². The standard InChI is InChI=1S/C24H30Br4N4O8/c1-39-21-13(25)7-11(19(33)17(21)27)9-15(31-37)23(35)29-5-3-4-6-30-24(36)16(32-38)10-12-8-14(26)22(40-2)18(28)20(12)34/h7-8,11-12,19-20,33-34,37-38H,3-6,9-10H2,1-2H3,(H,29,35)(H,30,36)/b31-15+,32-16+/t11-,12-,19+,20+/m0/s1. The molecular formula is C24H30Br4N4O8. The first-order valence-electron chi connectivity index (χ1n) is 12.0. The summed E-state index contributed by atoms with van der Waals surface area (Å²) < 4.78 is 12.4. The molecule has 6 N–H and O–H groups in total. The van der Waals surface area contributed by atoms with Crippen LogP contribution < -0.4 is 10.6 Å². The Balaban J connectivity index is 1.76. The van der Waals surface area contributed by atoms with Gasteiger partial charge in [0.05, 0.1) is 44.4 Å². The number of ether oxygens (including phenoxy) is 2. The molecule has 0 saturated carbocycles. The van der Waals surface area contributed by atoms with Crippen LogP contribution in [0, 0.1) is 11.8 Å². The van der Waals surface area contributed by atoms with Crippen LogP contribution in [0.2, 0.25) is 0 Å². The first kappa shape index (κ1) is 34.5. The van der Waals surface area contributed by atoms with E-state index in [9.17, 15) is 30.2 Å². The lowest BCUT2D eigenvalue weighted by molar-refractivity contribution is -0.116. The number of methoxy groups -OCH3 is 2. The van der Waals surface area contributed by atoms with E-state index >= 15 is 0 Å². The third-order valence-electron chi connectivity index (χ3n) is 6.13. The fourth-order valence-electron chi connectivity index (χ4n) is 3.98. The minimum absolute atomic E-state index is 0.0232. The van der Waals surface area contributed by atoms with E-state index in [1.165, 1.54) is 14.2 Å². The minimum atomic E-state index is -0.989. The number of amides is 2. The molecule has 0 aromatic carbocycles. The Kier molecular flexibility index (Phi) is 14.4. The van der Waals surface area contributed by atoms with Crippen LogP contribution in [0.5, 0.6) is 0 Å². The number of carbonyl (C=O) groups is 2. The van der Waals surface area contributed by atoms with E-state index in [2.05, 4.69) is 84.7 Å². The SMILES string of the molecule is COC1=C(Br)[C@H](O)[C@H](C/C(=N\O)C(=O)NCCCCNC(=O)/C(C[C@@H]2C=C(Br)C(OC)=C(Br)[C@@H]2O)=N/O)C=C1Br. The molecule has 0 spiro atoms. The molecule has 0 aromatic rings. The van der Waals surface area contributed by atoms with E-state index in [0.29, 0.717) is 42.3 Å². The highest BCUT2D eigenvalue weighted by molar-refractivity contribution is 9.12. The highest BCUT2D eigenvalue weighted by Crippen LogP contribution is 2.38. The molecule has 16 heteroatoms. The molecule has 2 aliphatic rings. The van der Waals surface area contributed by atoms with Gasteiger partial charge >= 0.3 is 0 Å². The van der Waals surface area contributed by atoms with E-state index in [1.54, 1.807) is 12.2 Å². The van der Waals surface area contributed by atoms with Crippen molar-refractivity contribution in [1.82, 2.24) is 10.6 Å². The smallest absolute Gasteiger partial charge is 0.269 e. The summed E-state index contributed by atoms with van der Waals surface area (Å²) in [6.45, 7) is 0.488. The quantitative estimate of drug-likeness (QED) is 0.0707. The van der Waals surface area contributed by atoms with E-state index in [-0.39, 0.29) is 37.4 Å². The Bertz CT molecular complexity index is 1060. The zero-order chi connectivity index (χ0) is 30.0. The largest absolute Gasteiger partial charge is 0.495 e. The number of hydrogen-bond acceptors (Lipinski definition) is 10. The van der Waals surface area contributed by atoms with E-state index in [1.807, 2.05) is 0 Å². The molecule has 2 amide bonds. The summed E-state index contributed by atoms with van der Waals surface area (Å²) in [6.07, 6.45) is 2.32. The van der Waals surface area contributed by atoms with Crippen LogP contribution in [-0.2, 0) is 19.1 Å². The molecule has 0 radical (unpaired) electrons. The lowest BCUT2D eigenvalue weighted by Crippen LogP contribution is -2.36. The maximum absolute atomic E-state index is 12.5. The van der Waals surface area contributed by atoms with Crippen LogP contribution in [0.15, 0.2) is 51.9 Å². The number of oxime groups is 2. The maximum Gasteiger partial charge on any atom is 0.269 e. The Morgan fingerprint density at radius 3 is 1.43 bits per heavy atom. The van der Waals surface area contributed by atoms with Gasteiger partial charge in [0.2, 0.25) is 0 Å². The van der Waals surface area contributed by atoms with Gasteiger partial charge in [0.15, 0.2) is 0 Å². The Labute approximate surface area is 264 Å². The van der Waals surface area contributed by atoms with Crippen molar-refractivity contribution >= 4 is 87.0 Å². The lowest BCUT2D eigenvalue weighted by atomic mass is 9.91. The number of nitrogens with one attached hydrogen (secondary N) is 2. The van der Waals surface area contributed by atoms with Crippen LogP contribution in [0.4, 0.5) is 0 Å².